The molecule has 0 radical (unpaired) electrons. The van der Waals surface area contributed by atoms with Crippen molar-refractivity contribution in [3.8, 4) is 0 Å². The summed E-state index contributed by atoms with van der Waals surface area (Å²) in [5.74, 6) is -0.231. The molecule has 0 fully saturated rings. The number of carbonyl (C=O) groups excluding carboxylic acids is 1. The fourth-order valence-corrected chi connectivity index (χ4v) is 2.28. The number of hydrogen-bond donors (Lipinski definition) is 1. The Morgan fingerprint density at radius 1 is 1.14 bits per heavy atom. The maximum atomic E-state index is 12.3. The van der Waals surface area contributed by atoms with E-state index in [4.69, 9.17) is 5.14 Å². The summed E-state index contributed by atoms with van der Waals surface area (Å²) in [7, 11) is -2.13. The zero-order chi connectivity index (χ0) is 15.6. The molecule has 6 nitrogen and oxygen atoms in total. The maximum Gasteiger partial charge on any atom is 0.259 e. The van der Waals surface area contributed by atoms with Crippen LogP contribution in [0.5, 0.6) is 0 Å². The summed E-state index contributed by atoms with van der Waals surface area (Å²) in [6.45, 7) is 1.84. The predicted octanol–water partition coefficient (Wildman–Crippen LogP) is 1.31. The number of aromatic nitrogens is 1. The zero-order valence-electron chi connectivity index (χ0n) is 11.6. The lowest BCUT2D eigenvalue weighted by Crippen LogP contribution is -2.26. The van der Waals surface area contributed by atoms with Gasteiger partial charge in [-0.1, -0.05) is 0 Å². The number of sulfonamides is 1. The number of pyridine rings is 1. The molecule has 2 rings (SSSR count). The van der Waals surface area contributed by atoms with E-state index in [9.17, 15) is 13.2 Å². The van der Waals surface area contributed by atoms with E-state index in [-0.39, 0.29) is 10.8 Å². The summed E-state index contributed by atoms with van der Waals surface area (Å²) in [6, 6.07) is 9.23. The van der Waals surface area contributed by atoms with Gasteiger partial charge in [-0.05, 0) is 43.3 Å². The molecule has 0 spiro atoms. The highest BCUT2D eigenvalue weighted by atomic mass is 32.2. The Labute approximate surface area is 123 Å². The third kappa shape index (κ3) is 3.45. The molecule has 0 unspecified atom stereocenters. The van der Waals surface area contributed by atoms with Crippen molar-refractivity contribution in [3.63, 3.8) is 0 Å². The molecule has 0 bridgehead atoms. The molecule has 110 valence electrons. The molecule has 1 heterocycles. The van der Waals surface area contributed by atoms with Gasteiger partial charge in [0, 0.05) is 24.6 Å². The van der Waals surface area contributed by atoms with E-state index in [0.717, 1.165) is 5.69 Å². The van der Waals surface area contributed by atoms with Crippen LogP contribution in [0.25, 0.3) is 0 Å². The number of rotatable bonds is 3. The maximum absolute atomic E-state index is 12.3. The Bertz CT molecular complexity index is 753. The second kappa shape index (κ2) is 5.63. The highest BCUT2D eigenvalue weighted by Gasteiger charge is 2.15. The molecule has 0 saturated carbocycles. The molecule has 21 heavy (non-hydrogen) atoms. The average molecular weight is 305 g/mol. The van der Waals surface area contributed by atoms with Crippen LogP contribution in [0.1, 0.15) is 16.1 Å². The quantitative estimate of drug-likeness (QED) is 0.925. The SMILES string of the molecule is Cc1ccc(C(=O)N(C)c2ccc(S(N)(=O)=O)cc2)cn1. The van der Waals surface area contributed by atoms with E-state index in [1.165, 1.54) is 35.4 Å². The minimum atomic E-state index is -3.74. The van der Waals surface area contributed by atoms with E-state index in [0.29, 0.717) is 11.3 Å². The van der Waals surface area contributed by atoms with E-state index >= 15 is 0 Å². The van der Waals surface area contributed by atoms with Gasteiger partial charge < -0.3 is 4.90 Å². The Hall–Kier alpha value is -2.25. The minimum absolute atomic E-state index is 0.00380. The van der Waals surface area contributed by atoms with Gasteiger partial charge in [0.1, 0.15) is 0 Å². The van der Waals surface area contributed by atoms with Gasteiger partial charge in [0.2, 0.25) is 10.0 Å². The van der Waals surface area contributed by atoms with Crippen LogP contribution >= 0.6 is 0 Å². The van der Waals surface area contributed by atoms with Gasteiger partial charge in [0.15, 0.2) is 0 Å². The first-order chi connectivity index (χ1) is 9.79. The number of carbonyl (C=O) groups is 1. The van der Waals surface area contributed by atoms with Crippen molar-refractivity contribution in [1.82, 2.24) is 4.98 Å². The Morgan fingerprint density at radius 3 is 2.24 bits per heavy atom. The fraction of sp³-hybridized carbons (Fsp3) is 0.143. The van der Waals surface area contributed by atoms with Crippen LogP contribution in [0, 0.1) is 6.92 Å². The first-order valence-corrected chi connectivity index (χ1v) is 7.67. The van der Waals surface area contributed by atoms with E-state index < -0.39 is 10.0 Å². The summed E-state index contributed by atoms with van der Waals surface area (Å²) >= 11 is 0. The summed E-state index contributed by atoms with van der Waals surface area (Å²) < 4.78 is 22.4. The largest absolute Gasteiger partial charge is 0.311 e. The molecular formula is C14H15N3O3S. The Kier molecular flexibility index (Phi) is 4.06. The number of anilines is 1. The van der Waals surface area contributed by atoms with Crippen molar-refractivity contribution < 1.29 is 13.2 Å². The first-order valence-electron chi connectivity index (χ1n) is 6.12. The summed E-state index contributed by atoms with van der Waals surface area (Å²) in [5.41, 5.74) is 1.85. The number of nitrogens with two attached hydrogens (primary N) is 1. The van der Waals surface area contributed by atoms with Crippen LogP contribution in [0.3, 0.4) is 0 Å². The summed E-state index contributed by atoms with van der Waals surface area (Å²) in [6.07, 6.45) is 1.51. The molecular weight excluding hydrogens is 290 g/mol. The number of amides is 1. The van der Waals surface area contributed by atoms with Crippen molar-refractivity contribution in [2.24, 2.45) is 5.14 Å². The van der Waals surface area contributed by atoms with Crippen LogP contribution < -0.4 is 10.0 Å². The third-order valence-electron chi connectivity index (χ3n) is 3.02. The van der Waals surface area contributed by atoms with Crippen molar-refractivity contribution in [3.05, 3.63) is 53.9 Å². The molecule has 2 aromatic rings. The lowest BCUT2D eigenvalue weighted by atomic mass is 10.2. The molecule has 0 aliphatic heterocycles. The molecule has 1 amide bonds. The molecule has 0 aliphatic rings. The number of aryl methyl sites for hydroxylation is 1. The third-order valence-corrected chi connectivity index (χ3v) is 3.94. The van der Waals surface area contributed by atoms with Crippen LogP contribution in [0.15, 0.2) is 47.5 Å². The molecule has 2 N–H and O–H groups in total. The first kappa shape index (κ1) is 15.1. The molecule has 7 heteroatoms. The molecule has 1 aromatic heterocycles. The molecule has 0 atom stereocenters. The van der Waals surface area contributed by atoms with Crippen molar-refractivity contribution in [1.29, 1.82) is 0 Å². The highest BCUT2D eigenvalue weighted by molar-refractivity contribution is 7.89. The van der Waals surface area contributed by atoms with Gasteiger partial charge in [-0.15, -0.1) is 0 Å². The number of primary sulfonamides is 1. The van der Waals surface area contributed by atoms with Crippen LogP contribution in [-0.2, 0) is 10.0 Å². The predicted molar refractivity (Wildman–Crippen MR) is 79.5 cm³/mol. The molecule has 0 aliphatic carbocycles. The second-order valence-corrected chi connectivity index (χ2v) is 6.15. The summed E-state index contributed by atoms with van der Waals surface area (Å²) in [4.78, 5) is 17.8. The topological polar surface area (TPSA) is 93.4 Å². The molecule has 0 saturated heterocycles. The van der Waals surface area contributed by atoms with Crippen LogP contribution in [0.4, 0.5) is 5.69 Å². The van der Waals surface area contributed by atoms with Gasteiger partial charge in [-0.2, -0.15) is 0 Å². The van der Waals surface area contributed by atoms with Gasteiger partial charge in [0.05, 0.1) is 10.5 Å². The van der Waals surface area contributed by atoms with E-state index in [1.54, 1.807) is 19.2 Å². The fourth-order valence-electron chi connectivity index (χ4n) is 1.76. The van der Waals surface area contributed by atoms with Gasteiger partial charge in [-0.3, -0.25) is 9.78 Å². The highest BCUT2D eigenvalue weighted by Crippen LogP contribution is 2.18. The normalized spacial score (nSPS) is 11.2. The Balaban J connectivity index is 2.25. The number of nitrogens with zero attached hydrogens (tertiary/aromatic N) is 2. The van der Waals surface area contributed by atoms with Crippen LogP contribution in [-0.4, -0.2) is 26.4 Å². The zero-order valence-corrected chi connectivity index (χ0v) is 12.5. The van der Waals surface area contributed by atoms with E-state index in [2.05, 4.69) is 4.98 Å². The lowest BCUT2D eigenvalue weighted by molar-refractivity contribution is 0.0992. The average Bonchev–Trinajstić information content (AvgIpc) is 2.46. The smallest absolute Gasteiger partial charge is 0.259 e. The summed E-state index contributed by atoms with van der Waals surface area (Å²) in [5, 5.41) is 5.03. The van der Waals surface area contributed by atoms with Crippen molar-refractivity contribution >= 4 is 21.6 Å². The standard InChI is InChI=1S/C14H15N3O3S/c1-10-3-4-11(9-16-10)14(18)17(2)12-5-7-13(8-6-12)21(15,19)20/h3-9H,1-2H3,(H2,15,19,20). The molecule has 1 aromatic carbocycles. The van der Waals surface area contributed by atoms with E-state index in [1.807, 2.05) is 6.92 Å². The Morgan fingerprint density at radius 2 is 1.76 bits per heavy atom. The van der Waals surface area contributed by atoms with Gasteiger partial charge in [0.25, 0.3) is 5.91 Å². The van der Waals surface area contributed by atoms with Crippen molar-refractivity contribution in [2.75, 3.05) is 11.9 Å². The van der Waals surface area contributed by atoms with Gasteiger partial charge in [-0.25, -0.2) is 13.6 Å². The minimum Gasteiger partial charge on any atom is -0.311 e. The monoisotopic (exact) mass is 305 g/mol. The van der Waals surface area contributed by atoms with Crippen molar-refractivity contribution in [2.45, 2.75) is 11.8 Å². The second-order valence-electron chi connectivity index (χ2n) is 4.59. The number of hydrogen-bond acceptors (Lipinski definition) is 4. The van der Waals surface area contributed by atoms with Gasteiger partial charge >= 0.3 is 0 Å². The number of benzene rings is 1. The lowest BCUT2D eigenvalue weighted by Gasteiger charge is -2.17. The van der Waals surface area contributed by atoms with Crippen LogP contribution in [0.2, 0.25) is 0 Å².